The molecule has 1 aromatic heterocycles. The lowest BCUT2D eigenvalue weighted by atomic mass is 9.80. The minimum atomic E-state index is -1.19. The molecule has 2 aromatic rings. The maximum Gasteiger partial charge on any atom is 0.183 e. The van der Waals surface area contributed by atoms with E-state index in [4.69, 9.17) is 4.74 Å². The van der Waals surface area contributed by atoms with E-state index >= 15 is 0 Å². The van der Waals surface area contributed by atoms with Crippen molar-refractivity contribution in [3.63, 3.8) is 0 Å². The van der Waals surface area contributed by atoms with E-state index in [1.807, 2.05) is 6.07 Å². The number of ether oxygens (including phenoxy) is 1. The Morgan fingerprint density at radius 2 is 1.85 bits per heavy atom. The number of aromatic nitrogens is 1. The average Bonchev–Trinajstić information content (AvgIpc) is 2.91. The first-order chi connectivity index (χ1) is 12.4. The summed E-state index contributed by atoms with van der Waals surface area (Å²) in [6.45, 7) is 15.8. The number of benzene rings is 1. The number of anilines is 1. The number of carbonyl (C=O) groups excluding carboxylic acids is 1. The van der Waals surface area contributed by atoms with E-state index in [1.54, 1.807) is 6.92 Å². The third-order valence-electron chi connectivity index (χ3n) is 4.27. The molecule has 0 fully saturated rings. The van der Waals surface area contributed by atoms with Crippen LogP contribution in [0.1, 0.15) is 68.0 Å². The van der Waals surface area contributed by atoms with Crippen LogP contribution in [0.3, 0.4) is 0 Å². The molecular weight excluding hydrogens is 360 g/mol. The second kappa shape index (κ2) is 7.89. The van der Waals surface area contributed by atoms with Gasteiger partial charge in [-0.15, -0.1) is 0 Å². The molecule has 1 heterocycles. The second-order valence-corrected chi connectivity index (χ2v) is 9.71. The number of carboxylic acids is 1. The lowest BCUT2D eigenvalue weighted by Crippen LogP contribution is -2.21. The molecule has 6 heteroatoms. The first kappa shape index (κ1) is 21.2. The maximum absolute atomic E-state index is 11.0. The summed E-state index contributed by atoms with van der Waals surface area (Å²) < 4.78 is 6.02. The lowest BCUT2D eigenvalue weighted by Gasteiger charge is -2.27. The molecule has 2 rings (SSSR count). The number of nitrogens with one attached hydrogen (secondary N) is 1. The van der Waals surface area contributed by atoms with Crippen LogP contribution >= 0.6 is 11.3 Å². The summed E-state index contributed by atoms with van der Waals surface area (Å²) in [7, 11) is 0. The molecule has 0 saturated carbocycles. The van der Waals surface area contributed by atoms with Gasteiger partial charge in [0.05, 0.1) is 23.1 Å². The second-order valence-electron chi connectivity index (χ2n) is 8.71. The van der Waals surface area contributed by atoms with Gasteiger partial charge in [-0.2, -0.15) is 0 Å². The van der Waals surface area contributed by atoms with Crippen LogP contribution in [0.2, 0.25) is 0 Å². The van der Waals surface area contributed by atoms with Crippen molar-refractivity contribution < 1.29 is 14.6 Å². The van der Waals surface area contributed by atoms with Crippen LogP contribution in [0.25, 0.3) is 0 Å². The molecule has 0 amide bonds. The number of hydrogen-bond acceptors (Lipinski definition) is 6. The SMILES string of the molecule is Cc1nc(NCCOc2ccc(C(C)(C)C)cc2C(C)(C)C)sc1C(=O)[O-]. The van der Waals surface area contributed by atoms with Crippen molar-refractivity contribution in [3.05, 3.63) is 39.9 Å². The van der Waals surface area contributed by atoms with E-state index in [2.05, 4.69) is 64.0 Å². The summed E-state index contributed by atoms with van der Waals surface area (Å²) in [5, 5.41) is 14.7. The van der Waals surface area contributed by atoms with Crippen molar-refractivity contribution in [2.75, 3.05) is 18.5 Å². The smallest absolute Gasteiger partial charge is 0.183 e. The molecule has 27 heavy (non-hydrogen) atoms. The molecule has 0 aliphatic rings. The fraction of sp³-hybridized carbons (Fsp3) is 0.524. The van der Waals surface area contributed by atoms with Crippen LogP contribution in [0, 0.1) is 6.92 Å². The van der Waals surface area contributed by atoms with Gasteiger partial charge >= 0.3 is 0 Å². The molecule has 0 radical (unpaired) electrons. The molecule has 0 atom stereocenters. The van der Waals surface area contributed by atoms with Crippen LogP contribution in [0.4, 0.5) is 5.13 Å². The van der Waals surface area contributed by atoms with Crippen molar-refractivity contribution in [3.8, 4) is 5.75 Å². The lowest BCUT2D eigenvalue weighted by molar-refractivity contribution is -0.254. The highest BCUT2D eigenvalue weighted by molar-refractivity contribution is 7.17. The molecule has 5 nitrogen and oxygen atoms in total. The van der Waals surface area contributed by atoms with Gasteiger partial charge in [-0.05, 0) is 34.9 Å². The van der Waals surface area contributed by atoms with E-state index in [1.165, 1.54) is 11.1 Å². The molecule has 0 aliphatic carbocycles. The van der Waals surface area contributed by atoms with Crippen LogP contribution in [0.15, 0.2) is 18.2 Å². The zero-order valence-electron chi connectivity index (χ0n) is 17.2. The summed E-state index contributed by atoms with van der Waals surface area (Å²) in [6, 6.07) is 6.40. The highest BCUT2D eigenvalue weighted by Crippen LogP contribution is 2.35. The minimum Gasteiger partial charge on any atom is -0.544 e. The number of rotatable bonds is 6. The molecule has 1 N–H and O–H groups in total. The van der Waals surface area contributed by atoms with Gasteiger partial charge in [0.25, 0.3) is 0 Å². The molecule has 1 aromatic carbocycles. The van der Waals surface area contributed by atoms with E-state index in [9.17, 15) is 9.90 Å². The predicted octanol–water partition coefficient (Wildman–Crippen LogP) is 3.90. The largest absolute Gasteiger partial charge is 0.544 e. The van der Waals surface area contributed by atoms with Gasteiger partial charge in [0.15, 0.2) is 5.13 Å². The first-order valence-corrected chi connectivity index (χ1v) is 9.91. The van der Waals surface area contributed by atoms with Crippen LogP contribution in [0.5, 0.6) is 5.75 Å². The van der Waals surface area contributed by atoms with E-state index in [0.29, 0.717) is 24.0 Å². The Morgan fingerprint density at radius 3 is 2.37 bits per heavy atom. The zero-order valence-corrected chi connectivity index (χ0v) is 18.0. The third-order valence-corrected chi connectivity index (χ3v) is 5.37. The van der Waals surface area contributed by atoms with Crippen LogP contribution < -0.4 is 15.2 Å². The Kier molecular flexibility index (Phi) is 6.20. The van der Waals surface area contributed by atoms with Crippen LogP contribution in [-0.2, 0) is 10.8 Å². The van der Waals surface area contributed by atoms with E-state index in [-0.39, 0.29) is 15.7 Å². The number of hydrogen-bond donors (Lipinski definition) is 1. The summed E-state index contributed by atoms with van der Waals surface area (Å²) in [5.41, 5.74) is 2.99. The average molecular weight is 390 g/mol. The highest BCUT2D eigenvalue weighted by Gasteiger charge is 2.23. The quantitative estimate of drug-likeness (QED) is 0.759. The van der Waals surface area contributed by atoms with E-state index in [0.717, 1.165) is 17.1 Å². The van der Waals surface area contributed by atoms with Crippen molar-refractivity contribution in [1.29, 1.82) is 0 Å². The number of aromatic carboxylic acids is 1. The summed E-state index contributed by atoms with van der Waals surface area (Å²) in [4.78, 5) is 15.3. The van der Waals surface area contributed by atoms with Crippen molar-refractivity contribution >= 4 is 22.4 Å². The summed E-state index contributed by atoms with van der Waals surface area (Å²) in [5.74, 6) is -0.314. The fourth-order valence-corrected chi connectivity index (χ4v) is 3.52. The summed E-state index contributed by atoms with van der Waals surface area (Å²) >= 11 is 1.09. The Hall–Kier alpha value is -2.08. The molecule has 0 unspecified atom stereocenters. The fourth-order valence-electron chi connectivity index (χ4n) is 2.69. The van der Waals surface area contributed by atoms with Gasteiger partial charge in [-0.3, -0.25) is 0 Å². The zero-order chi connectivity index (χ0) is 20.4. The molecule has 0 aliphatic heterocycles. The standard InChI is InChI=1S/C21H30N2O3S/c1-13-17(18(24)25)27-19(23-13)22-10-11-26-16-9-8-14(20(2,3)4)12-15(16)21(5,6)7/h8-9,12H,10-11H2,1-7H3,(H,22,23)(H,24,25)/p-1. The maximum atomic E-state index is 11.0. The Morgan fingerprint density at radius 1 is 1.19 bits per heavy atom. The number of nitrogens with zero attached hydrogens (tertiary/aromatic N) is 1. The summed E-state index contributed by atoms with van der Waals surface area (Å²) in [6.07, 6.45) is 0. The van der Waals surface area contributed by atoms with E-state index < -0.39 is 5.97 Å². The third kappa shape index (κ3) is 5.45. The number of aryl methyl sites for hydroxylation is 1. The van der Waals surface area contributed by atoms with Crippen LogP contribution in [-0.4, -0.2) is 24.1 Å². The monoisotopic (exact) mass is 389 g/mol. The number of carboxylic acid groups (broad SMARTS) is 1. The highest BCUT2D eigenvalue weighted by atomic mass is 32.1. The molecule has 148 valence electrons. The Bertz CT molecular complexity index is 814. The Balaban J connectivity index is 2.05. The first-order valence-electron chi connectivity index (χ1n) is 9.10. The topological polar surface area (TPSA) is 74.3 Å². The van der Waals surface area contributed by atoms with Gasteiger partial charge in [0.1, 0.15) is 12.4 Å². The minimum absolute atomic E-state index is 0.0279. The molecule has 0 saturated heterocycles. The number of thiazole rings is 1. The van der Waals surface area contributed by atoms with Gasteiger partial charge in [-0.25, -0.2) is 4.98 Å². The Labute approximate surface area is 165 Å². The van der Waals surface area contributed by atoms with Crippen molar-refractivity contribution in [2.24, 2.45) is 0 Å². The van der Waals surface area contributed by atoms with Gasteiger partial charge in [0.2, 0.25) is 0 Å². The van der Waals surface area contributed by atoms with Crippen molar-refractivity contribution in [2.45, 2.75) is 59.3 Å². The molecule has 0 spiro atoms. The molecule has 0 bridgehead atoms. The van der Waals surface area contributed by atoms with Gasteiger partial charge in [-0.1, -0.05) is 65.0 Å². The predicted molar refractivity (Wildman–Crippen MR) is 109 cm³/mol. The van der Waals surface area contributed by atoms with Gasteiger partial charge in [0, 0.05) is 0 Å². The van der Waals surface area contributed by atoms with Crippen molar-refractivity contribution in [1.82, 2.24) is 4.98 Å². The molecular formula is C21H29N2O3S-. The number of carbonyl (C=O) groups is 1. The normalized spacial score (nSPS) is 12.1. The van der Waals surface area contributed by atoms with Gasteiger partial charge < -0.3 is 20.0 Å².